The van der Waals surface area contributed by atoms with Gasteiger partial charge in [0.05, 0.1) is 22.8 Å². The molecule has 3 aromatic carbocycles. The molecule has 0 saturated carbocycles. The van der Waals surface area contributed by atoms with Gasteiger partial charge in [-0.15, -0.1) is 0 Å². The number of anilines is 2. The molecule has 4 rings (SSSR count). The second-order valence-corrected chi connectivity index (χ2v) is 10.2. The van der Waals surface area contributed by atoms with Gasteiger partial charge in [0, 0.05) is 41.8 Å². The third kappa shape index (κ3) is 6.51. The van der Waals surface area contributed by atoms with Crippen molar-refractivity contribution in [1.29, 1.82) is 0 Å². The molecule has 202 valence electrons. The van der Waals surface area contributed by atoms with Crippen LogP contribution in [-0.4, -0.2) is 42.5 Å². The Kier molecular flexibility index (Phi) is 8.75. The van der Waals surface area contributed by atoms with Gasteiger partial charge in [0.15, 0.2) is 6.61 Å². The number of nitrogens with one attached hydrogen (secondary N) is 1. The average Bonchev–Trinajstić information content (AvgIpc) is 2.92. The highest BCUT2D eigenvalue weighted by Crippen LogP contribution is 2.25. The molecular weight excluding hydrogens is 565 g/mol. The maximum atomic E-state index is 13.9. The van der Waals surface area contributed by atoms with Crippen molar-refractivity contribution < 1.29 is 13.9 Å². The average molecular weight is 594 g/mol. The summed E-state index contributed by atoms with van der Waals surface area (Å²) < 4.78 is 21.9. The minimum Gasteiger partial charge on any atom is -0.483 e. The van der Waals surface area contributed by atoms with Gasteiger partial charge in [-0.3, -0.25) is 9.59 Å². The molecule has 39 heavy (non-hydrogen) atoms. The SMILES string of the molecule is CC[C@H](C)c1nc2ccc(Br)cc2c(=O)n1N=Cc1ccc(N(C)C)cc1OCC(=O)Nc1ccccc1F. The second-order valence-electron chi connectivity index (χ2n) is 9.24. The summed E-state index contributed by atoms with van der Waals surface area (Å²) in [5.74, 6) is -0.144. The monoisotopic (exact) mass is 593 g/mol. The summed E-state index contributed by atoms with van der Waals surface area (Å²) in [7, 11) is 3.77. The fourth-order valence-electron chi connectivity index (χ4n) is 3.82. The molecular formula is C29H29BrFN5O3. The summed E-state index contributed by atoms with van der Waals surface area (Å²) >= 11 is 3.42. The molecule has 1 aromatic heterocycles. The molecule has 0 unspecified atom stereocenters. The molecule has 0 saturated heterocycles. The molecule has 4 aromatic rings. The van der Waals surface area contributed by atoms with Crippen molar-refractivity contribution in [3.63, 3.8) is 0 Å². The van der Waals surface area contributed by atoms with E-state index in [0.29, 0.717) is 28.0 Å². The van der Waals surface area contributed by atoms with E-state index in [-0.39, 0.29) is 23.8 Å². The summed E-state index contributed by atoms with van der Waals surface area (Å²) in [6.07, 6.45) is 2.29. The van der Waals surface area contributed by atoms with Crippen molar-refractivity contribution in [2.75, 3.05) is 30.9 Å². The number of para-hydroxylation sites is 1. The van der Waals surface area contributed by atoms with E-state index in [1.54, 1.807) is 36.4 Å². The zero-order valence-corrected chi connectivity index (χ0v) is 23.7. The van der Waals surface area contributed by atoms with Crippen LogP contribution in [0, 0.1) is 5.82 Å². The van der Waals surface area contributed by atoms with Gasteiger partial charge < -0.3 is 15.0 Å². The Hall–Kier alpha value is -4.05. The Morgan fingerprint density at radius 2 is 1.97 bits per heavy atom. The molecule has 0 aliphatic heterocycles. The van der Waals surface area contributed by atoms with Crippen molar-refractivity contribution in [2.45, 2.75) is 26.2 Å². The van der Waals surface area contributed by atoms with Gasteiger partial charge >= 0.3 is 0 Å². The van der Waals surface area contributed by atoms with Gasteiger partial charge in [-0.05, 0) is 48.9 Å². The largest absolute Gasteiger partial charge is 0.483 e. The summed E-state index contributed by atoms with van der Waals surface area (Å²) in [5, 5.41) is 7.48. The third-order valence-electron chi connectivity index (χ3n) is 6.22. The van der Waals surface area contributed by atoms with E-state index in [0.717, 1.165) is 16.6 Å². The van der Waals surface area contributed by atoms with Gasteiger partial charge in [-0.25, -0.2) is 9.37 Å². The Balaban J connectivity index is 1.68. The van der Waals surface area contributed by atoms with Crippen LogP contribution in [0.4, 0.5) is 15.8 Å². The molecule has 1 N–H and O–H groups in total. The Labute approximate surface area is 234 Å². The number of carbonyl (C=O) groups excluding carboxylic acids is 1. The van der Waals surface area contributed by atoms with E-state index >= 15 is 0 Å². The Morgan fingerprint density at radius 1 is 1.21 bits per heavy atom. The van der Waals surface area contributed by atoms with Crippen LogP contribution in [0.2, 0.25) is 0 Å². The van der Waals surface area contributed by atoms with Crippen molar-refractivity contribution in [3.8, 4) is 5.75 Å². The molecule has 0 aliphatic carbocycles. The molecule has 1 atom stereocenters. The summed E-state index contributed by atoms with van der Waals surface area (Å²) in [4.78, 5) is 32.6. The highest BCUT2D eigenvalue weighted by Gasteiger charge is 2.16. The van der Waals surface area contributed by atoms with Crippen LogP contribution in [-0.2, 0) is 4.79 Å². The highest BCUT2D eigenvalue weighted by molar-refractivity contribution is 9.10. The Bertz CT molecular complexity index is 1600. The highest BCUT2D eigenvalue weighted by atomic mass is 79.9. The summed E-state index contributed by atoms with van der Waals surface area (Å²) in [5.41, 5.74) is 1.78. The molecule has 0 aliphatic rings. The maximum absolute atomic E-state index is 13.9. The molecule has 10 heteroatoms. The van der Waals surface area contributed by atoms with Crippen LogP contribution >= 0.6 is 15.9 Å². The van der Waals surface area contributed by atoms with E-state index in [9.17, 15) is 14.0 Å². The number of amides is 1. The van der Waals surface area contributed by atoms with E-state index in [2.05, 4.69) is 26.3 Å². The molecule has 1 amide bonds. The van der Waals surface area contributed by atoms with Crippen molar-refractivity contribution >= 4 is 50.3 Å². The molecule has 0 radical (unpaired) electrons. The number of nitrogens with zero attached hydrogens (tertiary/aromatic N) is 4. The zero-order chi connectivity index (χ0) is 28.1. The number of ether oxygens (including phenoxy) is 1. The first kappa shape index (κ1) is 28.0. The second kappa shape index (κ2) is 12.2. The maximum Gasteiger partial charge on any atom is 0.282 e. The van der Waals surface area contributed by atoms with Crippen LogP contribution in [0.15, 0.2) is 75.0 Å². The number of carbonyl (C=O) groups is 1. The van der Waals surface area contributed by atoms with E-state index < -0.39 is 11.7 Å². The van der Waals surface area contributed by atoms with Crippen LogP contribution in [0.5, 0.6) is 5.75 Å². The number of rotatable bonds is 9. The predicted molar refractivity (Wildman–Crippen MR) is 157 cm³/mol. The van der Waals surface area contributed by atoms with Crippen molar-refractivity contribution in [1.82, 2.24) is 9.66 Å². The first-order chi connectivity index (χ1) is 18.7. The van der Waals surface area contributed by atoms with Gasteiger partial charge in [-0.2, -0.15) is 9.78 Å². The fourth-order valence-corrected chi connectivity index (χ4v) is 4.19. The quantitative estimate of drug-likeness (QED) is 0.249. The Morgan fingerprint density at radius 3 is 2.69 bits per heavy atom. The summed E-state index contributed by atoms with van der Waals surface area (Å²) in [6, 6.07) is 16.7. The number of benzene rings is 3. The topological polar surface area (TPSA) is 88.8 Å². The smallest absolute Gasteiger partial charge is 0.282 e. The lowest BCUT2D eigenvalue weighted by Crippen LogP contribution is -2.24. The zero-order valence-electron chi connectivity index (χ0n) is 22.1. The van der Waals surface area contributed by atoms with E-state index in [1.165, 1.54) is 23.0 Å². The number of halogens is 2. The van der Waals surface area contributed by atoms with Gasteiger partial charge in [0.25, 0.3) is 11.5 Å². The molecule has 0 fully saturated rings. The fraction of sp³-hybridized carbons (Fsp3) is 0.241. The lowest BCUT2D eigenvalue weighted by molar-refractivity contribution is -0.118. The first-order valence-electron chi connectivity index (χ1n) is 12.4. The number of aromatic nitrogens is 2. The molecule has 1 heterocycles. The minimum atomic E-state index is -0.535. The molecule has 0 spiro atoms. The van der Waals surface area contributed by atoms with Crippen molar-refractivity contribution in [2.24, 2.45) is 5.10 Å². The van der Waals surface area contributed by atoms with E-state index in [4.69, 9.17) is 9.72 Å². The van der Waals surface area contributed by atoms with Crippen LogP contribution < -0.4 is 20.5 Å². The lowest BCUT2D eigenvalue weighted by atomic mass is 10.1. The van der Waals surface area contributed by atoms with Crippen LogP contribution in [0.3, 0.4) is 0 Å². The normalized spacial score (nSPS) is 12.1. The molecule has 0 bridgehead atoms. The number of hydrogen-bond donors (Lipinski definition) is 1. The van der Waals surface area contributed by atoms with Crippen LogP contribution in [0.25, 0.3) is 10.9 Å². The third-order valence-corrected chi connectivity index (χ3v) is 6.71. The summed E-state index contributed by atoms with van der Waals surface area (Å²) in [6.45, 7) is 3.66. The van der Waals surface area contributed by atoms with Gasteiger partial charge in [0.1, 0.15) is 17.4 Å². The number of fused-ring (bicyclic) bond motifs is 1. The standard InChI is InChI=1S/C29H29BrFN5O3/c1-5-18(2)28-34-24-13-11-20(30)14-22(24)29(38)36(28)32-16-19-10-12-21(35(3)4)15-26(19)39-17-27(37)33-25-9-7-6-8-23(25)31/h6-16,18H,5,17H2,1-4H3,(H,33,37)/t18-/m0/s1. The van der Waals surface area contributed by atoms with E-state index in [1.807, 2.05) is 45.0 Å². The lowest BCUT2D eigenvalue weighted by Gasteiger charge is -2.17. The molecule has 8 nitrogen and oxygen atoms in total. The van der Waals surface area contributed by atoms with Gasteiger partial charge in [-0.1, -0.05) is 41.9 Å². The van der Waals surface area contributed by atoms with Gasteiger partial charge in [0.2, 0.25) is 0 Å². The predicted octanol–water partition coefficient (Wildman–Crippen LogP) is 5.78. The number of hydrogen-bond acceptors (Lipinski definition) is 6. The first-order valence-corrected chi connectivity index (χ1v) is 13.2. The minimum absolute atomic E-state index is 0.0168. The van der Waals surface area contributed by atoms with Crippen LogP contribution in [0.1, 0.15) is 37.6 Å². The van der Waals surface area contributed by atoms with Crippen molar-refractivity contribution in [3.05, 3.63) is 92.7 Å².